The first-order valence-electron chi connectivity index (χ1n) is 3.17. The first-order chi connectivity index (χ1) is 4.95. The van der Waals surface area contributed by atoms with Gasteiger partial charge in [0.15, 0.2) is 0 Å². The van der Waals surface area contributed by atoms with E-state index in [9.17, 15) is 4.79 Å². The molecule has 1 amide bonds. The van der Waals surface area contributed by atoms with Crippen molar-refractivity contribution in [3.63, 3.8) is 0 Å². The van der Waals surface area contributed by atoms with Gasteiger partial charge >= 0.3 is 6.09 Å². The van der Waals surface area contributed by atoms with Crippen molar-refractivity contribution in [2.24, 2.45) is 10.5 Å². The third kappa shape index (κ3) is 6.67. The van der Waals surface area contributed by atoms with Crippen LogP contribution in [0.3, 0.4) is 0 Å². The highest BCUT2D eigenvalue weighted by Crippen LogP contribution is 2.12. The second-order valence-corrected chi connectivity index (χ2v) is 3.30. The van der Waals surface area contributed by atoms with Crippen LogP contribution in [-0.2, 0) is 4.74 Å². The topological polar surface area (TPSA) is 75.1 Å². The zero-order chi connectivity index (χ0) is 8.91. The van der Waals surface area contributed by atoms with Crippen molar-refractivity contribution in [3.8, 4) is 0 Å². The molecule has 0 aliphatic rings. The summed E-state index contributed by atoms with van der Waals surface area (Å²) in [6, 6.07) is 0. The van der Waals surface area contributed by atoms with Crippen molar-refractivity contribution in [1.82, 2.24) is 0 Å². The minimum absolute atomic E-state index is 0.0966. The molecule has 0 aromatic carbocycles. The Balaban J connectivity index is 3.72. The molecule has 0 fully saturated rings. The Labute approximate surface area is 65.0 Å². The third-order valence-electron chi connectivity index (χ3n) is 0.755. The molecule has 0 bridgehead atoms. The van der Waals surface area contributed by atoms with Gasteiger partial charge in [0.25, 0.3) is 0 Å². The maximum absolute atomic E-state index is 10.4. The summed E-state index contributed by atoms with van der Waals surface area (Å²) >= 11 is 0. The molecule has 5 nitrogen and oxygen atoms in total. The second-order valence-electron chi connectivity index (χ2n) is 3.30. The molecule has 0 atom stereocenters. The van der Waals surface area contributed by atoms with Crippen LogP contribution in [-0.4, -0.2) is 12.7 Å². The molecule has 0 unspecified atom stereocenters. The van der Waals surface area contributed by atoms with Gasteiger partial charge < -0.3 is 4.74 Å². The summed E-state index contributed by atoms with van der Waals surface area (Å²) in [6.07, 6.45) is -0.873. The van der Waals surface area contributed by atoms with Crippen molar-refractivity contribution in [3.05, 3.63) is 10.4 Å². The van der Waals surface area contributed by atoms with Crippen LogP contribution in [0.15, 0.2) is 5.11 Å². The van der Waals surface area contributed by atoms with Crippen LogP contribution in [0.4, 0.5) is 4.79 Å². The average Bonchev–Trinajstić information content (AvgIpc) is 1.83. The van der Waals surface area contributed by atoms with Gasteiger partial charge in [0.2, 0.25) is 0 Å². The van der Waals surface area contributed by atoms with E-state index in [0.717, 1.165) is 0 Å². The first-order valence-corrected chi connectivity index (χ1v) is 3.17. The number of nitrogens with zero attached hydrogens (tertiary/aromatic N) is 3. The number of ether oxygens (including phenoxy) is 1. The summed E-state index contributed by atoms with van der Waals surface area (Å²) in [4.78, 5) is 12.7. The maximum atomic E-state index is 10.4. The molecule has 0 aliphatic carbocycles. The van der Waals surface area contributed by atoms with Crippen LogP contribution in [0.1, 0.15) is 20.8 Å². The van der Waals surface area contributed by atoms with E-state index in [1.54, 1.807) is 0 Å². The summed E-state index contributed by atoms with van der Waals surface area (Å²) in [5, 5.41) is 2.75. The van der Waals surface area contributed by atoms with E-state index in [2.05, 4.69) is 14.8 Å². The van der Waals surface area contributed by atoms with Gasteiger partial charge in [-0.3, -0.25) is 0 Å². The summed E-state index contributed by atoms with van der Waals surface area (Å²) < 4.78 is 4.59. The van der Waals surface area contributed by atoms with Gasteiger partial charge in [-0.25, -0.2) is 4.79 Å². The molecule has 11 heavy (non-hydrogen) atoms. The summed E-state index contributed by atoms with van der Waals surface area (Å²) in [5.74, 6) is 0. The van der Waals surface area contributed by atoms with Gasteiger partial charge in [0, 0.05) is 10.0 Å². The minimum Gasteiger partial charge on any atom is -0.460 e. The quantitative estimate of drug-likeness (QED) is 0.333. The molecule has 0 aromatic heterocycles. The molecule has 5 heteroatoms. The fourth-order valence-electron chi connectivity index (χ4n) is 0.344. The Bertz CT molecular complexity index is 188. The lowest BCUT2D eigenvalue weighted by Crippen LogP contribution is -2.16. The molecule has 0 radical (unpaired) electrons. The number of rotatable bonds is 1. The predicted molar refractivity (Wildman–Crippen MR) is 39.9 cm³/mol. The molecule has 0 rings (SSSR count). The van der Waals surface area contributed by atoms with Crippen molar-refractivity contribution in [2.45, 2.75) is 20.8 Å². The SMILES string of the molecule is CC(C)(C)COC(=O)N=[N+]=[N-]. The number of carbonyl (C=O) groups is 1. The minimum atomic E-state index is -0.873. The lowest BCUT2D eigenvalue weighted by molar-refractivity contribution is 0.114. The normalized spacial score (nSPS) is 10.1. The van der Waals surface area contributed by atoms with Crippen LogP contribution >= 0.6 is 0 Å². The molecule has 0 aromatic rings. The largest absolute Gasteiger partial charge is 0.460 e. The molecule has 0 spiro atoms. The number of amides is 1. The molecule has 0 N–H and O–H groups in total. The zero-order valence-corrected chi connectivity index (χ0v) is 6.87. The Hall–Kier alpha value is -1.22. The van der Waals surface area contributed by atoms with Crippen LogP contribution in [0.2, 0.25) is 0 Å². The second kappa shape index (κ2) is 3.83. The smallest absolute Gasteiger partial charge is 0.396 e. The van der Waals surface area contributed by atoms with E-state index < -0.39 is 6.09 Å². The highest BCUT2D eigenvalue weighted by atomic mass is 16.5. The molecular formula is C6H11N3O2. The van der Waals surface area contributed by atoms with E-state index in [-0.39, 0.29) is 12.0 Å². The molecule has 0 saturated carbocycles. The lowest BCUT2D eigenvalue weighted by atomic mass is 9.99. The zero-order valence-electron chi connectivity index (χ0n) is 6.87. The summed E-state index contributed by atoms with van der Waals surface area (Å²) in [5.41, 5.74) is 7.73. The maximum Gasteiger partial charge on any atom is 0.396 e. The van der Waals surface area contributed by atoms with Crippen molar-refractivity contribution < 1.29 is 9.53 Å². The fourth-order valence-corrected chi connectivity index (χ4v) is 0.344. The molecule has 62 valence electrons. The van der Waals surface area contributed by atoms with Gasteiger partial charge in [0.05, 0.1) is 6.61 Å². The summed E-state index contributed by atoms with van der Waals surface area (Å²) in [7, 11) is 0. The number of hydrogen-bond acceptors (Lipinski definition) is 2. The lowest BCUT2D eigenvalue weighted by Gasteiger charge is -2.16. The molecular weight excluding hydrogens is 146 g/mol. The van der Waals surface area contributed by atoms with Gasteiger partial charge in [0.1, 0.15) is 0 Å². The van der Waals surface area contributed by atoms with E-state index in [4.69, 9.17) is 5.53 Å². The van der Waals surface area contributed by atoms with Crippen molar-refractivity contribution in [1.29, 1.82) is 0 Å². The molecule has 0 heterocycles. The van der Waals surface area contributed by atoms with Crippen LogP contribution in [0.5, 0.6) is 0 Å². The highest BCUT2D eigenvalue weighted by Gasteiger charge is 2.12. The van der Waals surface area contributed by atoms with E-state index in [1.165, 1.54) is 0 Å². The summed E-state index contributed by atoms with van der Waals surface area (Å²) in [6.45, 7) is 5.99. The average molecular weight is 157 g/mol. The van der Waals surface area contributed by atoms with Crippen molar-refractivity contribution in [2.75, 3.05) is 6.61 Å². The highest BCUT2D eigenvalue weighted by molar-refractivity contribution is 5.67. The van der Waals surface area contributed by atoms with Gasteiger partial charge in [-0.1, -0.05) is 20.8 Å². The van der Waals surface area contributed by atoms with Crippen LogP contribution < -0.4 is 0 Å². The van der Waals surface area contributed by atoms with E-state index in [1.807, 2.05) is 20.8 Å². The Morgan fingerprint density at radius 2 is 2.18 bits per heavy atom. The third-order valence-corrected chi connectivity index (χ3v) is 0.755. The van der Waals surface area contributed by atoms with Gasteiger partial charge in [-0.2, -0.15) is 0 Å². The predicted octanol–water partition coefficient (Wildman–Crippen LogP) is 2.48. The van der Waals surface area contributed by atoms with Crippen molar-refractivity contribution >= 4 is 6.09 Å². The Morgan fingerprint density at radius 1 is 1.64 bits per heavy atom. The van der Waals surface area contributed by atoms with E-state index >= 15 is 0 Å². The first kappa shape index (κ1) is 9.78. The fraction of sp³-hybridized carbons (Fsp3) is 0.833. The monoisotopic (exact) mass is 157 g/mol. The molecule has 0 saturated heterocycles. The van der Waals surface area contributed by atoms with Crippen LogP contribution in [0, 0.1) is 5.41 Å². The number of hydrogen-bond donors (Lipinski definition) is 0. The standard InChI is InChI=1S/C6H11N3O2/c1-6(2,3)4-11-5(10)8-9-7/h4H2,1-3H3. The Kier molecular flexibility index (Phi) is 3.40. The number of azide groups is 1. The number of carbonyl (C=O) groups excluding carboxylic acids is 1. The Morgan fingerprint density at radius 3 is 2.55 bits per heavy atom. The van der Waals surface area contributed by atoms with Crippen LogP contribution in [0.25, 0.3) is 10.4 Å². The van der Waals surface area contributed by atoms with Gasteiger partial charge in [-0.05, 0) is 10.9 Å². The van der Waals surface area contributed by atoms with Gasteiger partial charge in [-0.15, -0.1) is 0 Å². The van der Waals surface area contributed by atoms with E-state index in [0.29, 0.717) is 0 Å². The molecule has 0 aliphatic heterocycles.